The molecule has 6 heteroatoms. The van der Waals surface area contributed by atoms with E-state index in [-0.39, 0.29) is 6.10 Å². The second-order valence-electron chi connectivity index (χ2n) is 6.44. The third kappa shape index (κ3) is 5.53. The molecule has 144 valence electrons. The van der Waals surface area contributed by atoms with E-state index in [2.05, 4.69) is 23.5 Å². The van der Waals surface area contributed by atoms with Crippen molar-refractivity contribution in [1.82, 2.24) is 9.97 Å². The highest BCUT2D eigenvalue weighted by molar-refractivity contribution is 8.03. The van der Waals surface area contributed by atoms with Crippen LogP contribution in [0.5, 0.6) is 5.75 Å². The molecular weight excluding hydrogens is 363 g/mol. The summed E-state index contributed by atoms with van der Waals surface area (Å²) in [5, 5.41) is 0. The van der Waals surface area contributed by atoms with Crippen LogP contribution in [0, 0.1) is 11.7 Å². The van der Waals surface area contributed by atoms with Crippen molar-refractivity contribution < 1.29 is 13.9 Å². The Morgan fingerprint density at radius 1 is 1.30 bits per heavy atom. The van der Waals surface area contributed by atoms with Gasteiger partial charge >= 0.3 is 0 Å². The molecule has 0 radical (unpaired) electrons. The van der Waals surface area contributed by atoms with Crippen LogP contribution in [-0.4, -0.2) is 35.0 Å². The van der Waals surface area contributed by atoms with Gasteiger partial charge in [0.05, 0.1) is 25.1 Å². The lowest BCUT2D eigenvalue weighted by atomic mass is 9.92. The number of rotatable bonds is 8. The molecule has 1 aromatic carbocycles. The van der Waals surface area contributed by atoms with Gasteiger partial charge in [-0.2, -0.15) is 0 Å². The molecule has 0 amide bonds. The van der Waals surface area contributed by atoms with Gasteiger partial charge in [0.25, 0.3) is 0 Å². The summed E-state index contributed by atoms with van der Waals surface area (Å²) >= 11 is 1.82. The van der Waals surface area contributed by atoms with E-state index in [4.69, 9.17) is 9.47 Å². The first kappa shape index (κ1) is 19.8. The molecule has 3 rings (SSSR count). The van der Waals surface area contributed by atoms with Crippen molar-refractivity contribution in [1.29, 1.82) is 0 Å². The van der Waals surface area contributed by atoms with Crippen molar-refractivity contribution >= 4 is 11.8 Å². The highest BCUT2D eigenvalue weighted by atomic mass is 32.2. The molecule has 0 bridgehead atoms. The summed E-state index contributed by atoms with van der Waals surface area (Å²) in [5.41, 5.74) is 0.825. The summed E-state index contributed by atoms with van der Waals surface area (Å²) in [6.45, 7) is 7.80. The van der Waals surface area contributed by atoms with E-state index in [1.54, 1.807) is 0 Å². The molecule has 0 aliphatic carbocycles. The lowest BCUT2D eigenvalue weighted by Crippen LogP contribution is -2.31. The van der Waals surface area contributed by atoms with Gasteiger partial charge in [-0.25, -0.2) is 14.4 Å². The Morgan fingerprint density at radius 2 is 2.04 bits per heavy atom. The van der Waals surface area contributed by atoms with Crippen molar-refractivity contribution in [3.8, 4) is 17.1 Å². The Kier molecular flexibility index (Phi) is 7.24. The fourth-order valence-electron chi connectivity index (χ4n) is 3.24. The zero-order valence-electron chi connectivity index (χ0n) is 15.6. The number of hydrogen-bond acceptors (Lipinski definition) is 5. The number of benzene rings is 1. The zero-order valence-corrected chi connectivity index (χ0v) is 16.4. The molecule has 2 aromatic rings. The molecule has 1 fully saturated rings. The molecule has 1 aromatic heterocycles. The van der Waals surface area contributed by atoms with E-state index in [1.165, 1.54) is 4.91 Å². The monoisotopic (exact) mass is 388 g/mol. The SMILES string of the molecule is C=C(SCC)C1CCCOC1CCOc1ccc(-c2ncc(F)cn2)cc1. The molecule has 1 aliphatic rings. The minimum Gasteiger partial charge on any atom is -0.493 e. The first-order valence-corrected chi connectivity index (χ1v) is 10.3. The minimum absolute atomic E-state index is 0.178. The highest BCUT2D eigenvalue weighted by Gasteiger charge is 2.28. The summed E-state index contributed by atoms with van der Waals surface area (Å²) in [5.74, 6) is 2.29. The van der Waals surface area contributed by atoms with Crippen LogP contribution < -0.4 is 4.74 Å². The molecule has 2 atom stereocenters. The predicted molar refractivity (Wildman–Crippen MR) is 107 cm³/mol. The van der Waals surface area contributed by atoms with Gasteiger partial charge in [-0.15, -0.1) is 11.8 Å². The second kappa shape index (κ2) is 9.85. The first-order valence-electron chi connectivity index (χ1n) is 9.31. The Balaban J connectivity index is 1.52. The van der Waals surface area contributed by atoms with Crippen LogP contribution in [0.3, 0.4) is 0 Å². The third-order valence-corrected chi connectivity index (χ3v) is 5.55. The van der Waals surface area contributed by atoms with E-state index < -0.39 is 5.82 Å². The van der Waals surface area contributed by atoms with Crippen LogP contribution in [-0.2, 0) is 4.74 Å². The largest absolute Gasteiger partial charge is 0.493 e. The molecule has 2 unspecified atom stereocenters. The molecule has 2 heterocycles. The van der Waals surface area contributed by atoms with E-state index in [0.29, 0.717) is 18.3 Å². The maximum atomic E-state index is 12.9. The van der Waals surface area contributed by atoms with Crippen molar-refractivity contribution in [3.05, 3.63) is 54.0 Å². The van der Waals surface area contributed by atoms with E-state index in [0.717, 1.165) is 55.3 Å². The number of thioether (sulfide) groups is 1. The maximum absolute atomic E-state index is 12.9. The number of aromatic nitrogens is 2. The van der Waals surface area contributed by atoms with E-state index >= 15 is 0 Å². The van der Waals surface area contributed by atoms with Crippen LogP contribution in [0.15, 0.2) is 48.1 Å². The van der Waals surface area contributed by atoms with Crippen LogP contribution in [0.2, 0.25) is 0 Å². The lowest BCUT2D eigenvalue weighted by Gasteiger charge is -2.32. The summed E-state index contributed by atoms with van der Waals surface area (Å²) < 4.78 is 24.8. The van der Waals surface area contributed by atoms with Crippen molar-refractivity contribution in [2.45, 2.75) is 32.3 Å². The first-order chi connectivity index (χ1) is 13.2. The van der Waals surface area contributed by atoms with Crippen LogP contribution >= 0.6 is 11.8 Å². The Labute approximate surface area is 164 Å². The van der Waals surface area contributed by atoms with Gasteiger partial charge in [0.2, 0.25) is 0 Å². The number of hydrogen-bond donors (Lipinski definition) is 0. The number of ether oxygens (including phenoxy) is 2. The molecule has 1 saturated heterocycles. The number of nitrogens with zero attached hydrogens (tertiary/aromatic N) is 2. The fraction of sp³-hybridized carbons (Fsp3) is 0.429. The van der Waals surface area contributed by atoms with Gasteiger partial charge in [-0.3, -0.25) is 0 Å². The molecule has 0 spiro atoms. The molecule has 27 heavy (non-hydrogen) atoms. The highest BCUT2D eigenvalue weighted by Crippen LogP contribution is 2.34. The van der Waals surface area contributed by atoms with Gasteiger partial charge in [0, 0.05) is 24.5 Å². The second-order valence-corrected chi connectivity index (χ2v) is 7.83. The van der Waals surface area contributed by atoms with Gasteiger partial charge in [0.1, 0.15) is 5.75 Å². The van der Waals surface area contributed by atoms with E-state index in [1.807, 2.05) is 36.0 Å². The fourth-order valence-corrected chi connectivity index (χ4v) is 4.09. The molecular formula is C21H25FN2O2S. The average Bonchev–Trinajstić information content (AvgIpc) is 2.70. The Morgan fingerprint density at radius 3 is 2.74 bits per heavy atom. The third-order valence-electron chi connectivity index (χ3n) is 4.59. The van der Waals surface area contributed by atoms with Gasteiger partial charge < -0.3 is 9.47 Å². The van der Waals surface area contributed by atoms with Crippen LogP contribution in [0.4, 0.5) is 4.39 Å². The maximum Gasteiger partial charge on any atom is 0.159 e. The minimum atomic E-state index is -0.443. The van der Waals surface area contributed by atoms with Crippen molar-refractivity contribution in [3.63, 3.8) is 0 Å². The Bertz CT molecular complexity index is 737. The zero-order chi connectivity index (χ0) is 19.1. The smallest absolute Gasteiger partial charge is 0.159 e. The molecule has 1 aliphatic heterocycles. The summed E-state index contributed by atoms with van der Waals surface area (Å²) in [6, 6.07) is 7.52. The van der Waals surface area contributed by atoms with E-state index in [9.17, 15) is 4.39 Å². The normalized spacial score (nSPS) is 19.6. The standard InChI is InChI=1S/C21H25FN2O2S/c1-3-27-15(2)19-5-4-11-26-20(19)10-12-25-18-8-6-16(7-9-18)21-23-13-17(22)14-24-21/h6-9,13-14,19-20H,2-5,10-12H2,1H3. The van der Waals surface area contributed by atoms with Crippen molar-refractivity contribution in [2.75, 3.05) is 19.0 Å². The summed E-state index contributed by atoms with van der Waals surface area (Å²) in [6.07, 6.45) is 5.59. The van der Waals surface area contributed by atoms with Crippen molar-refractivity contribution in [2.24, 2.45) is 5.92 Å². The average molecular weight is 389 g/mol. The molecule has 0 N–H and O–H groups in total. The van der Waals surface area contributed by atoms with Gasteiger partial charge in [0.15, 0.2) is 11.6 Å². The van der Waals surface area contributed by atoms with Gasteiger partial charge in [-0.1, -0.05) is 13.5 Å². The van der Waals surface area contributed by atoms with Crippen LogP contribution in [0.1, 0.15) is 26.2 Å². The number of halogens is 1. The molecule has 4 nitrogen and oxygen atoms in total. The van der Waals surface area contributed by atoms with Gasteiger partial charge in [-0.05, 0) is 47.8 Å². The molecule has 0 saturated carbocycles. The lowest BCUT2D eigenvalue weighted by molar-refractivity contribution is -0.0226. The Hall–Kier alpha value is -1.92. The van der Waals surface area contributed by atoms with Crippen LogP contribution in [0.25, 0.3) is 11.4 Å². The topological polar surface area (TPSA) is 44.2 Å². The predicted octanol–water partition coefficient (Wildman–Crippen LogP) is 5.11. The summed E-state index contributed by atoms with van der Waals surface area (Å²) in [7, 11) is 0. The quantitative estimate of drug-likeness (QED) is 0.628. The summed E-state index contributed by atoms with van der Waals surface area (Å²) in [4.78, 5) is 9.20.